The average Bonchev–Trinajstić information content (AvgIpc) is 2.81. The average molecular weight is 432 g/mol. The van der Waals surface area contributed by atoms with Gasteiger partial charge >= 0.3 is 0 Å². The van der Waals surface area contributed by atoms with Crippen molar-refractivity contribution in [2.24, 2.45) is 0 Å². The smallest absolute Gasteiger partial charge is 0.265 e. The van der Waals surface area contributed by atoms with Crippen molar-refractivity contribution in [3.8, 4) is 5.75 Å². The highest BCUT2D eigenvalue weighted by atomic mass is 16.5. The lowest BCUT2D eigenvalue weighted by atomic mass is 10.1. The van der Waals surface area contributed by atoms with Crippen LogP contribution in [0.3, 0.4) is 0 Å². The molecule has 0 bridgehead atoms. The number of hydrogen-bond acceptors (Lipinski definition) is 6. The van der Waals surface area contributed by atoms with Crippen LogP contribution in [-0.4, -0.2) is 35.1 Å². The molecule has 2 heterocycles. The molecule has 1 atom stereocenters. The van der Waals surface area contributed by atoms with Crippen LogP contribution in [0.15, 0.2) is 60.7 Å². The second kappa shape index (κ2) is 10.1. The van der Waals surface area contributed by atoms with Gasteiger partial charge in [0.15, 0.2) is 6.10 Å². The molecule has 0 unspecified atom stereocenters. The highest BCUT2D eigenvalue weighted by Gasteiger charge is 2.16. The van der Waals surface area contributed by atoms with Crippen molar-refractivity contribution in [3.63, 3.8) is 0 Å². The lowest BCUT2D eigenvalue weighted by molar-refractivity contribution is -0.122. The summed E-state index contributed by atoms with van der Waals surface area (Å²) in [6, 6.07) is 18.8. The number of nitrogens with zero attached hydrogens (tertiary/aromatic N) is 3. The molecule has 1 aromatic heterocycles. The van der Waals surface area contributed by atoms with Crippen molar-refractivity contribution >= 4 is 29.0 Å². The van der Waals surface area contributed by atoms with Crippen LogP contribution in [0.25, 0.3) is 0 Å². The molecule has 32 heavy (non-hydrogen) atoms. The third-order valence-corrected chi connectivity index (χ3v) is 5.35. The van der Waals surface area contributed by atoms with Crippen molar-refractivity contribution in [2.45, 2.75) is 39.2 Å². The minimum atomic E-state index is -0.607. The van der Waals surface area contributed by atoms with Crippen LogP contribution in [-0.2, 0) is 4.79 Å². The minimum absolute atomic E-state index is 0.206. The molecule has 7 nitrogen and oxygen atoms in total. The van der Waals surface area contributed by atoms with Crippen molar-refractivity contribution in [1.29, 1.82) is 0 Å². The Morgan fingerprint density at radius 2 is 1.66 bits per heavy atom. The summed E-state index contributed by atoms with van der Waals surface area (Å²) in [6.45, 7) is 5.79. The van der Waals surface area contributed by atoms with E-state index >= 15 is 0 Å². The van der Waals surface area contributed by atoms with Crippen LogP contribution in [0, 0.1) is 6.92 Å². The number of rotatable bonds is 7. The minimum Gasteiger partial charge on any atom is -0.481 e. The van der Waals surface area contributed by atoms with Gasteiger partial charge in [-0.25, -0.2) is 4.98 Å². The van der Waals surface area contributed by atoms with Crippen molar-refractivity contribution in [2.75, 3.05) is 28.6 Å². The predicted molar refractivity (Wildman–Crippen MR) is 128 cm³/mol. The molecule has 7 heteroatoms. The van der Waals surface area contributed by atoms with Crippen LogP contribution >= 0.6 is 0 Å². The van der Waals surface area contributed by atoms with Crippen molar-refractivity contribution < 1.29 is 9.53 Å². The van der Waals surface area contributed by atoms with Gasteiger partial charge in [-0.3, -0.25) is 4.79 Å². The van der Waals surface area contributed by atoms with Gasteiger partial charge in [0.1, 0.15) is 11.6 Å². The Morgan fingerprint density at radius 3 is 2.38 bits per heavy atom. The van der Waals surface area contributed by atoms with E-state index in [0.717, 1.165) is 30.3 Å². The largest absolute Gasteiger partial charge is 0.481 e. The fourth-order valence-electron chi connectivity index (χ4n) is 3.66. The Hall–Kier alpha value is -3.61. The van der Waals surface area contributed by atoms with Gasteiger partial charge in [0, 0.05) is 36.2 Å². The van der Waals surface area contributed by atoms with E-state index < -0.39 is 6.10 Å². The van der Waals surface area contributed by atoms with Crippen LogP contribution in [0.1, 0.15) is 31.9 Å². The molecule has 1 aliphatic rings. The maximum absolute atomic E-state index is 12.4. The number of carbonyl (C=O) groups excluding carboxylic acids is 1. The lowest BCUT2D eigenvalue weighted by Crippen LogP contribution is -2.30. The molecule has 1 aliphatic heterocycles. The number of aryl methyl sites for hydroxylation is 1. The summed E-state index contributed by atoms with van der Waals surface area (Å²) in [4.78, 5) is 24.0. The van der Waals surface area contributed by atoms with Crippen LogP contribution in [0.5, 0.6) is 5.75 Å². The fourth-order valence-corrected chi connectivity index (χ4v) is 3.66. The summed E-state index contributed by atoms with van der Waals surface area (Å²) in [6.07, 6.45) is 3.08. The first kappa shape index (κ1) is 21.6. The summed E-state index contributed by atoms with van der Waals surface area (Å²) in [5.74, 6) is 2.00. The molecule has 1 amide bonds. The second-order valence-corrected chi connectivity index (χ2v) is 8.00. The molecule has 2 aromatic carbocycles. The fraction of sp³-hybridized carbons (Fsp3) is 0.320. The van der Waals surface area contributed by atoms with Gasteiger partial charge in [0.05, 0.1) is 0 Å². The zero-order valence-corrected chi connectivity index (χ0v) is 18.5. The number of benzene rings is 2. The van der Waals surface area contributed by atoms with E-state index in [2.05, 4.69) is 20.5 Å². The molecule has 1 saturated heterocycles. The Morgan fingerprint density at radius 1 is 0.969 bits per heavy atom. The molecule has 4 rings (SSSR count). The van der Waals surface area contributed by atoms with Crippen LogP contribution in [0.2, 0.25) is 0 Å². The van der Waals surface area contributed by atoms with E-state index in [1.165, 1.54) is 19.3 Å². The van der Waals surface area contributed by atoms with E-state index in [-0.39, 0.29) is 5.91 Å². The maximum atomic E-state index is 12.4. The van der Waals surface area contributed by atoms with E-state index in [4.69, 9.17) is 9.72 Å². The van der Waals surface area contributed by atoms with E-state index in [1.807, 2.05) is 67.6 Å². The molecule has 166 valence electrons. The van der Waals surface area contributed by atoms with E-state index in [1.54, 1.807) is 6.92 Å². The van der Waals surface area contributed by atoms with Gasteiger partial charge in [-0.1, -0.05) is 18.2 Å². The number of nitrogens with one attached hydrogen (secondary N) is 2. The molecule has 0 saturated carbocycles. The lowest BCUT2D eigenvalue weighted by Gasteiger charge is -2.28. The zero-order chi connectivity index (χ0) is 22.3. The Balaban J connectivity index is 1.36. The summed E-state index contributed by atoms with van der Waals surface area (Å²) in [5.41, 5.74) is 2.48. The van der Waals surface area contributed by atoms with Crippen molar-refractivity contribution in [1.82, 2.24) is 9.97 Å². The summed E-state index contributed by atoms with van der Waals surface area (Å²) < 4.78 is 5.68. The number of carbonyl (C=O) groups is 1. The maximum Gasteiger partial charge on any atom is 0.265 e. The van der Waals surface area contributed by atoms with Gasteiger partial charge in [-0.15, -0.1) is 0 Å². The Bertz CT molecular complexity index is 1030. The highest BCUT2D eigenvalue weighted by Crippen LogP contribution is 2.22. The SMILES string of the molecule is Cc1cc(N2CCCCC2)nc(Nc2ccc(NC(=O)[C@@H](C)Oc3ccccc3)cc2)n1. The first-order chi connectivity index (χ1) is 15.6. The molecular formula is C25H29N5O2. The van der Waals surface area contributed by atoms with Crippen molar-refractivity contribution in [3.05, 3.63) is 66.4 Å². The Kier molecular flexibility index (Phi) is 6.84. The summed E-state index contributed by atoms with van der Waals surface area (Å²) in [7, 11) is 0. The monoisotopic (exact) mass is 431 g/mol. The number of para-hydroxylation sites is 1. The third-order valence-electron chi connectivity index (χ3n) is 5.35. The first-order valence-electron chi connectivity index (χ1n) is 11.1. The van der Waals surface area contributed by atoms with Crippen LogP contribution < -0.4 is 20.3 Å². The summed E-state index contributed by atoms with van der Waals surface area (Å²) in [5, 5.41) is 6.16. The number of aromatic nitrogens is 2. The van der Waals surface area contributed by atoms with Gasteiger partial charge in [-0.05, 0) is 69.5 Å². The summed E-state index contributed by atoms with van der Waals surface area (Å²) >= 11 is 0. The third kappa shape index (κ3) is 5.75. The quantitative estimate of drug-likeness (QED) is 0.552. The second-order valence-electron chi connectivity index (χ2n) is 8.00. The normalized spacial score (nSPS) is 14.5. The molecule has 0 aliphatic carbocycles. The molecule has 0 radical (unpaired) electrons. The zero-order valence-electron chi connectivity index (χ0n) is 18.5. The topological polar surface area (TPSA) is 79.4 Å². The first-order valence-corrected chi connectivity index (χ1v) is 11.1. The molecule has 2 N–H and O–H groups in total. The van der Waals surface area contributed by atoms with E-state index in [9.17, 15) is 4.79 Å². The van der Waals surface area contributed by atoms with Crippen LogP contribution in [0.4, 0.5) is 23.1 Å². The van der Waals surface area contributed by atoms with Gasteiger partial charge in [0.2, 0.25) is 5.95 Å². The number of ether oxygens (including phenoxy) is 1. The standard InChI is InChI=1S/C25H29N5O2/c1-18-17-23(30-15-7-4-8-16-30)29-25(26-18)28-21-13-11-20(12-14-21)27-24(31)19(2)32-22-9-5-3-6-10-22/h3,5-6,9-14,17,19H,4,7-8,15-16H2,1-2H3,(H,27,31)(H,26,28,29)/t19-/m1/s1. The predicted octanol–water partition coefficient (Wildman–Crippen LogP) is 4.92. The molecule has 1 fully saturated rings. The molecule has 3 aromatic rings. The number of amides is 1. The van der Waals surface area contributed by atoms with E-state index in [0.29, 0.717) is 17.4 Å². The number of hydrogen-bond donors (Lipinski definition) is 2. The highest BCUT2D eigenvalue weighted by molar-refractivity contribution is 5.94. The van der Waals surface area contributed by atoms with Gasteiger partial charge < -0.3 is 20.3 Å². The van der Waals surface area contributed by atoms with Gasteiger partial charge in [-0.2, -0.15) is 4.98 Å². The Labute approximate surface area is 188 Å². The molecular weight excluding hydrogens is 402 g/mol. The number of anilines is 4. The molecule has 0 spiro atoms. The number of piperidine rings is 1. The van der Waals surface area contributed by atoms with Gasteiger partial charge in [0.25, 0.3) is 5.91 Å².